The van der Waals surface area contributed by atoms with Gasteiger partial charge in [0.25, 0.3) is 5.56 Å². The lowest BCUT2D eigenvalue weighted by molar-refractivity contribution is -0.114. The van der Waals surface area contributed by atoms with Gasteiger partial charge in [-0.3, -0.25) is 14.2 Å². The number of benzene rings is 2. The summed E-state index contributed by atoms with van der Waals surface area (Å²) in [5.41, 5.74) is 2.82. The number of aromatic nitrogens is 1. The summed E-state index contributed by atoms with van der Waals surface area (Å²) in [6.45, 7) is 3.34. The van der Waals surface area contributed by atoms with Crippen LogP contribution in [0, 0.1) is 0 Å². The van der Waals surface area contributed by atoms with E-state index >= 15 is 0 Å². The van der Waals surface area contributed by atoms with Gasteiger partial charge in [-0.1, -0.05) is 53.8 Å². The van der Waals surface area contributed by atoms with Crippen LogP contribution in [0.4, 0.5) is 0 Å². The van der Waals surface area contributed by atoms with E-state index in [-0.39, 0.29) is 11.3 Å². The molecule has 0 N–H and O–H groups in total. The summed E-state index contributed by atoms with van der Waals surface area (Å²) in [4.78, 5) is 31.0. The van der Waals surface area contributed by atoms with E-state index < -0.39 is 6.04 Å². The molecule has 5 nitrogen and oxygen atoms in total. The Hall–Kier alpha value is -3.25. The van der Waals surface area contributed by atoms with Crippen LogP contribution >= 0.6 is 11.3 Å². The van der Waals surface area contributed by atoms with Crippen molar-refractivity contribution in [3.8, 4) is 5.75 Å². The molecule has 1 atom stereocenters. The molecule has 4 rings (SSSR count). The molecule has 146 valence electrons. The number of Topliss-reactive ketones (excluding diaryl/α,β-unsaturated/α-hetero) is 1. The number of thiazole rings is 1. The van der Waals surface area contributed by atoms with Crippen molar-refractivity contribution in [1.29, 1.82) is 0 Å². The molecule has 0 radical (unpaired) electrons. The first kappa shape index (κ1) is 19.1. The van der Waals surface area contributed by atoms with E-state index in [2.05, 4.69) is 4.99 Å². The summed E-state index contributed by atoms with van der Waals surface area (Å²) in [7, 11) is 1.60. The zero-order chi connectivity index (χ0) is 20.5. The number of ketones is 1. The molecule has 0 spiro atoms. The van der Waals surface area contributed by atoms with Gasteiger partial charge in [0.1, 0.15) is 5.75 Å². The lowest BCUT2D eigenvalue weighted by Gasteiger charge is -2.24. The summed E-state index contributed by atoms with van der Waals surface area (Å²) in [6.07, 6.45) is 1.86. The average Bonchev–Trinajstić information content (AvgIpc) is 3.02. The summed E-state index contributed by atoms with van der Waals surface area (Å²) >= 11 is 1.34. The van der Waals surface area contributed by atoms with Crippen LogP contribution in [0.15, 0.2) is 75.7 Å². The van der Waals surface area contributed by atoms with Crippen molar-refractivity contribution in [3.05, 3.63) is 96.7 Å². The molecule has 1 aromatic heterocycles. The Morgan fingerprint density at radius 3 is 2.45 bits per heavy atom. The molecule has 0 amide bonds. The molecule has 29 heavy (non-hydrogen) atoms. The minimum Gasteiger partial charge on any atom is -0.497 e. The van der Waals surface area contributed by atoms with Gasteiger partial charge in [0, 0.05) is 11.3 Å². The Labute approximate surface area is 171 Å². The van der Waals surface area contributed by atoms with E-state index in [4.69, 9.17) is 4.74 Å². The molecule has 0 fully saturated rings. The minimum absolute atomic E-state index is 0.0931. The number of hydrogen-bond acceptors (Lipinski definition) is 5. The van der Waals surface area contributed by atoms with E-state index in [1.807, 2.05) is 67.6 Å². The Morgan fingerprint density at radius 1 is 1.14 bits per heavy atom. The molecular weight excluding hydrogens is 384 g/mol. The van der Waals surface area contributed by atoms with Gasteiger partial charge >= 0.3 is 0 Å². The Balaban J connectivity index is 1.96. The maximum Gasteiger partial charge on any atom is 0.271 e. The average molecular weight is 404 g/mol. The molecule has 0 bridgehead atoms. The molecular formula is C23H20N2O3S. The topological polar surface area (TPSA) is 60.7 Å². The molecule has 1 unspecified atom stereocenters. The highest BCUT2D eigenvalue weighted by Crippen LogP contribution is 2.31. The second-order valence-corrected chi connectivity index (χ2v) is 7.83. The fourth-order valence-electron chi connectivity index (χ4n) is 3.57. The van der Waals surface area contributed by atoms with E-state index in [0.717, 1.165) is 16.9 Å². The van der Waals surface area contributed by atoms with Gasteiger partial charge in [0.2, 0.25) is 0 Å². The number of methoxy groups -OCH3 is 1. The molecule has 2 aromatic carbocycles. The SMILES string of the molecule is COc1ccc(C2C(C(C)=O)=C(C)N=c3sc(=Cc4ccccc4)c(=O)n32)cc1. The Morgan fingerprint density at radius 2 is 1.83 bits per heavy atom. The van der Waals surface area contributed by atoms with Crippen LogP contribution in [0.3, 0.4) is 0 Å². The lowest BCUT2D eigenvalue weighted by Crippen LogP contribution is -2.39. The van der Waals surface area contributed by atoms with E-state index in [9.17, 15) is 9.59 Å². The van der Waals surface area contributed by atoms with Crippen molar-refractivity contribution in [2.45, 2.75) is 19.9 Å². The van der Waals surface area contributed by atoms with Crippen LogP contribution in [-0.2, 0) is 4.79 Å². The lowest BCUT2D eigenvalue weighted by atomic mass is 9.93. The van der Waals surface area contributed by atoms with Crippen LogP contribution < -0.4 is 19.6 Å². The maximum absolute atomic E-state index is 13.3. The smallest absolute Gasteiger partial charge is 0.271 e. The predicted molar refractivity (Wildman–Crippen MR) is 114 cm³/mol. The van der Waals surface area contributed by atoms with E-state index in [1.54, 1.807) is 11.7 Å². The number of carbonyl (C=O) groups excluding carboxylic acids is 1. The molecule has 0 saturated heterocycles. The summed E-state index contributed by atoms with van der Waals surface area (Å²) in [6, 6.07) is 16.6. The molecule has 2 heterocycles. The summed E-state index contributed by atoms with van der Waals surface area (Å²) < 4.78 is 7.47. The molecule has 6 heteroatoms. The first-order valence-electron chi connectivity index (χ1n) is 9.22. The summed E-state index contributed by atoms with van der Waals surface area (Å²) in [5, 5.41) is 0. The van der Waals surface area contributed by atoms with Crippen LogP contribution in [-0.4, -0.2) is 17.5 Å². The number of ether oxygens (including phenoxy) is 1. The third-order valence-electron chi connectivity index (χ3n) is 4.93. The van der Waals surface area contributed by atoms with Gasteiger partial charge in [-0.25, -0.2) is 4.99 Å². The van der Waals surface area contributed by atoms with Gasteiger partial charge in [0.15, 0.2) is 10.6 Å². The molecule has 0 saturated carbocycles. The molecule has 1 aliphatic heterocycles. The van der Waals surface area contributed by atoms with Crippen molar-refractivity contribution >= 4 is 23.2 Å². The highest BCUT2D eigenvalue weighted by molar-refractivity contribution is 7.07. The maximum atomic E-state index is 13.3. The van der Waals surface area contributed by atoms with Gasteiger partial charge in [-0.2, -0.15) is 0 Å². The minimum atomic E-state index is -0.507. The van der Waals surface area contributed by atoms with Crippen molar-refractivity contribution in [2.24, 2.45) is 4.99 Å². The van der Waals surface area contributed by atoms with Crippen LogP contribution in [0.5, 0.6) is 5.75 Å². The van der Waals surface area contributed by atoms with Crippen LogP contribution in [0.1, 0.15) is 31.0 Å². The van der Waals surface area contributed by atoms with Gasteiger partial charge in [-0.05, 0) is 43.2 Å². The Bertz CT molecular complexity index is 1280. The summed E-state index contributed by atoms with van der Waals surface area (Å²) in [5.74, 6) is 0.625. The van der Waals surface area contributed by atoms with Crippen LogP contribution in [0.25, 0.3) is 6.08 Å². The zero-order valence-electron chi connectivity index (χ0n) is 16.4. The number of hydrogen-bond donors (Lipinski definition) is 0. The fourth-order valence-corrected chi connectivity index (χ4v) is 4.62. The van der Waals surface area contributed by atoms with Gasteiger partial charge < -0.3 is 4.74 Å². The van der Waals surface area contributed by atoms with Gasteiger partial charge in [0.05, 0.1) is 17.7 Å². The molecule has 1 aliphatic rings. The highest BCUT2D eigenvalue weighted by Gasteiger charge is 2.30. The number of allylic oxidation sites excluding steroid dienone is 2. The zero-order valence-corrected chi connectivity index (χ0v) is 17.2. The van der Waals surface area contributed by atoms with Crippen molar-refractivity contribution in [3.63, 3.8) is 0 Å². The number of carbonyl (C=O) groups is 1. The Kier molecular flexibility index (Phi) is 5.03. The van der Waals surface area contributed by atoms with E-state index in [1.165, 1.54) is 18.3 Å². The van der Waals surface area contributed by atoms with Crippen molar-refractivity contribution < 1.29 is 9.53 Å². The predicted octanol–water partition coefficient (Wildman–Crippen LogP) is 2.83. The van der Waals surface area contributed by atoms with E-state index in [0.29, 0.717) is 20.6 Å². The number of fused-ring (bicyclic) bond motifs is 1. The van der Waals surface area contributed by atoms with Crippen molar-refractivity contribution in [1.82, 2.24) is 4.57 Å². The first-order valence-corrected chi connectivity index (χ1v) is 10.0. The number of nitrogens with zero attached hydrogens (tertiary/aromatic N) is 2. The standard InChI is InChI=1S/C23H20N2O3S/c1-14-20(15(2)26)21(17-9-11-18(28-3)12-10-17)25-22(27)19(29-23(25)24-14)13-16-7-5-4-6-8-16/h4-13,21H,1-3H3. The number of rotatable bonds is 4. The third kappa shape index (κ3) is 3.47. The monoisotopic (exact) mass is 404 g/mol. The van der Waals surface area contributed by atoms with Crippen LogP contribution in [0.2, 0.25) is 0 Å². The van der Waals surface area contributed by atoms with Gasteiger partial charge in [-0.15, -0.1) is 0 Å². The second-order valence-electron chi connectivity index (χ2n) is 6.82. The van der Waals surface area contributed by atoms with Crippen molar-refractivity contribution in [2.75, 3.05) is 7.11 Å². The largest absolute Gasteiger partial charge is 0.497 e. The normalized spacial score (nSPS) is 16.4. The molecule has 3 aromatic rings. The molecule has 0 aliphatic carbocycles. The quantitative estimate of drug-likeness (QED) is 0.672. The highest BCUT2D eigenvalue weighted by atomic mass is 32.1. The third-order valence-corrected chi connectivity index (χ3v) is 5.91. The second kappa shape index (κ2) is 7.64. The fraction of sp³-hybridized carbons (Fsp3) is 0.174. The first-order chi connectivity index (χ1) is 14.0.